The molecule has 1 aromatic heterocycles. The van der Waals surface area contributed by atoms with Crippen LogP contribution in [0.2, 0.25) is 0 Å². The number of aromatic nitrogens is 2. The number of benzene rings is 2. The Hall–Kier alpha value is -3.15. The van der Waals surface area contributed by atoms with Crippen LogP contribution in [0.3, 0.4) is 0 Å². The van der Waals surface area contributed by atoms with Crippen molar-refractivity contribution in [2.45, 2.75) is 6.92 Å². The van der Waals surface area contributed by atoms with E-state index in [2.05, 4.69) is 15.3 Å². The molecule has 3 aromatic rings. The first kappa shape index (κ1) is 15.7. The van der Waals surface area contributed by atoms with Gasteiger partial charge in [0.25, 0.3) is 5.91 Å². The highest BCUT2D eigenvalue weighted by atomic mass is 19.1. The van der Waals surface area contributed by atoms with Crippen LogP contribution in [0, 0.1) is 18.6 Å². The normalized spacial score (nSPS) is 10.5. The smallest absolute Gasteiger partial charge is 0.255 e. The van der Waals surface area contributed by atoms with Gasteiger partial charge < -0.3 is 5.32 Å². The molecule has 0 bridgehead atoms. The van der Waals surface area contributed by atoms with Crippen molar-refractivity contribution in [2.24, 2.45) is 0 Å². The number of anilines is 1. The Bertz CT molecular complexity index is 892. The summed E-state index contributed by atoms with van der Waals surface area (Å²) in [7, 11) is 0. The van der Waals surface area contributed by atoms with E-state index in [1.165, 1.54) is 0 Å². The molecule has 0 aliphatic rings. The molecule has 0 saturated carbocycles. The molecule has 6 heteroatoms. The molecular formula is C18H13F2N3O. The largest absolute Gasteiger partial charge is 0.322 e. The summed E-state index contributed by atoms with van der Waals surface area (Å²) in [5.74, 6) is -1.56. The van der Waals surface area contributed by atoms with Gasteiger partial charge in [0.2, 0.25) is 0 Å². The van der Waals surface area contributed by atoms with Crippen LogP contribution in [0.1, 0.15) is 16.2 Å². The molecular weight excluding hydrogens is 312 g/mol. The summed E-state index contributed by atoms with van der Waals surface area (Å²) >= 11 is 0. The molecule has 0 atom stereocenters. The average Bonchev–Trinajstić information content (AvgIpc) is 2.54. The summed E-state index contributed by atoms with van der Waals surface area (Å²) < 4.78 is 26.4. The quantitative estimate of drug-likeness (QED) is 0.792. The molecule has 4 nitrogen and oxygen atoms in total. The third-order valence-electron chi connectivity index (χ3n) is 3.32. The number of halogens is 2. The number of nitrogens with zero attached hydrogens (tertiary/aromatic N) is 2. The zero-order valence-electron chi connectivity index (χ0n) is 12.8. The zero-order chi connectivity index (χ0) is 17.1. The van der Waals surface area contributed by atoms with Crippen molar-refractivity contribution in [1.82, 2.24) is 9.97 Å². The minimum absolute atomic E-state index is 0.0872. The number of hydrogen-bond donors (Lipinski definition) is 1. The summed E-state index contributed by atoms with van der Waals surface area (Å²) in [6.07, 6.45) is 1.65. The Morgan fingerprint density at radius 3 is 2.50 bits per heavy atom. The number of nitrogens with one attached hydrogen (secondary N) is 1. The molecule has 24 heavy (non-hydrogen) atoms. The Kier molecular flexibility index (Phi) is 4.29. The van der Waals surface area contributed by atoms with E-state index in [0.717, 1.165) is 29.5 Å². The van der Waals surface area contributed by atoms with Gasteiger partial charge in [-0.05, 0) is 37.3 Å². The van der Waals surface area contributed by atoms with E-state index in [1.807, 2.05) is 6.07 Å². The Morgan fingerprint density at radius 2 is 1.79 bits per heavy atom. The van der Waals surface area contributed by atoms with Crippen molar-refractivity contribution < 1.29 is 13.6 Å². The predicted molar refractivity (Wildman–Crippen MR) is 86.5 cm³/mol. The Balaban J connectivity index is 1.85. The van der Waals surface area contributed by atoms with Gasteiger partial charge in [-0.3, -0.25) is 4.79 Å². The minimum Gasteiger partial charge on any atom is -0.322 e. The highest BCUT2D eigenvalue weighted by Gasteiger charge is 2.10. The molecule has 0 aliphatic heterocycles. The molecule has 1 amide bonds. The topological polar surface area (TPSA) is 54.9 Å². The fraction of sp³-hybridized carbons (Fsp3) is 0.0556. The summed E-state index contributed by atoms with van der Waals surface area (Å²) in [5, 5.41) is 2.62. The van der Waals surface area contributed by atoms with Crippen LogP contribution >= 0.6 is 0 Å². The van der Waals surface area contributed by atoms with Gasteiger partial charge in [-0.2, -0.15) is 0 Å². The van der Waals surface area contributed by atoms with Crippen LogP contribution in [-0.4, -0.2) is 15.9 Å². The Labute approximate surface area is 137 Å². The lowest BCUT2D eigenvalue weighted by Crippen LogP contribution is -2.12. The van der Waals surface area contributed by atoms with E-state index in [9.17, 15) is 13.6 Å². The SMILES string of the molecule is Cc1nccc(-c2cccc(NC(=O)c3cc(F)cc(F)c3)c2)n1. The number of hydrogen-bond acceptors (Lipinski definition) is 3. The lowest BCUT2D eigenvalue weighted by molar-refractivity contribution is 0.102. The molecule has 0 radical (unpaired) electrons. The molecule has 2 aromatic carbocycles. The second kappa shape index (κ2) is 6.54. The van der Waals surface area contributed by atoms with E-state index >= 15 is 0 Å². The standard InChI is InChI=1S/C18H13F2N3O/c1-11-21-6-5-17(22-11)12-3-2-4-16(9-12)23-18(24)13-7-14(19)10-15(20)8-13/h2-10H,1H3,(H,23,24). The highest BCUT2D eigenvalue weighted by molar-refractivity contribution is 6.04. The molecule has 0 unspecified atom stereocenters. The highest BCUT2D eigenvalue weighted by Crippen LogP contribution is 2.21. The molecule has 0 fully saturated rings. The summed E-state index contributed by atoms with van der Waals surface area (Å²) in [4.78, 5) is 20.5. The van der Waals surface area contributed by atoms with E-state index in [0.29, 0.717) is 11.5 Å². The van der Waals surface area contributed by atoms with Gasteiger partial charge >= 0.3 is 0 Å². The van der Waals surface area contributed by atoms with Gasteiger partial charge in [0.1, 0.15) is 17.5 Å². The molecule has 0 aliphatic carbocycles. The van der Waals surface area contributed by atoms with E-state index in [4.69, 9.17) is 0 Å². The summed E-state index contributed by atoms with van der Waals surface area (Å²) in [6, 6.07) is 11.5. The first-order valence-corrected chi connectivity index (χ1v) is 7.19. The lowest BCUT2D eigenvalue weighted by atomic mass is 10.1. The maximum atomic E-state index is 13.2. The molecule has 0 spiro atoms. The van der Waals surface area contributed by atoms with Crippen molar-refractivity contribution in [3.05, 3.63) is 77.8 Å². The van der Waals surface area contributed by atoms with Crippen molar-refractivity contribution in [2.75, 3.05) is 5.32 Å². The Morgan fingerprint density at radius 1 is 1.04 bits per heavy atom. The number of carbonyl (C=O) groups excluding carboxylic acids is 1. The maximum absolute atomic E-state index is 13.2. The first-order chi connectivity index (χ1) is 11.5. The number of carbonyl (C=O) groups is 1. The van der Waals surface area contributed by atoms with Gasteiger partial charge in [0.05, 0.1) is 5.69 Å². The summed E-state index contributed by atoms with van der Waals surface area (Å²) in [5.41, 5.74) is 1.92. The van der Waals surface area contributed by atoms with E-state index in [-0.39, 0.29) is 5.56 Å². The van der Waals surface area contributed by atoms with E-state index in [1.54, 1.807) is 37.4 Å². The summed E-state index contributed by atoms with van der Waals surface area (Å²) in [6.45, 7) is 1.79. The van der Waals surface area contributed by atoms with Crippen LogP contribution in [-0.2, 0) is 0 Å². The third kappa shape index (κ3) is 3.60. The number of aryl methyl sites for hydroxylation is 1. The van der Waals surface area contributed by atoms with Gasteiger partial charge in [-0.25, -0.2) is 18.7 Å². The predicted octanol–water partition coefficient (Wildman–Crippen LogP) is 3.98. The van der Waals surface area contributed by atoms with Crippen LogP contribution < -0.4 is 5.32 Å². The van der Waals surface area contributed by atoms with Gasteiger partial charge in [-0.15, -0.1) is 0 Å². The van der Waals surface area contributed by atoms with Crippen LogP contribution in [0.25, 0.3) is 11.3 Å². The fourth-order valence-electron chi connectivity index (χ4n) is 2.26. The maximum Gasteiger partial charge on any atom is 0.255 e. The third-order valence-corrected chi connectivity index (χ3v) is 3.32. The first-order valence-electron chi connectivity index (χ1n) is 7.19. The molecule has 120 valence electrons. The monoisotopic (exact) mass is 325 g/mol. The molecule has 3 rings (SSSR count). The lowest BCUT2D eigenvalue weighted by Gasteiger charge is -2.08. The van der Waals surface area contributed by atoms with Crippen LogP contribution in [0.4, 0.5) is 14.5 Å². The van der Waals surface area contributed by atoms with Gasteiger partial charge in [0.15, 0.2) is 0 Å². The van der Waals surface area contributed by atoms with Gasteiger partial charge in [-0.1, -0.05) is 12.1 Å². The zero-order valence-corrected chi connectivity index (χ0v) is 12.8. The number of rotatable bonds is 3. The fourth-order valence-corrected chi connectivity index (χ4v) is 2.26. The van der Waals surface area contributed by atoms with Crippen molar-refractivity contribution in [3.8, 4) is 11.3 Å². The van der Waals surface area contributed by atoms with Crippen molar-refractivity contribution in [3.63, 3.8) is 0 Å². The van der Waals surface area contributed by atoms with Crippen molar-refractivity contribution in [1.29, 1.82) is 0 Å². The minimum atomic E-state index is -0.801. The molecule has 0 saturated heterocycles. The van der Waals surface area contributed by atoms with Crippen molar-refractivity contribution >= 4 is 11.6 Å². The molecule has 1 N–H and O–H groups in total. The van der Waals surface area contributed by atoms with Crippen LogP contribution in [0.5, 0.6) is 0 Å². The molecule has 1 heterocycles. The van der Waals surface area contributed by atoms with Crippen LogP contribution in [0.15, 0.2) is 54.7 Å². The van der Waals surface area contributed by atoms with E-state index < -0.39 is 17.5 Å². The average molecular weight is 325 g/mol. The number of amides is 1. The van der Waals surface area contributed by atoms with Gasteiger partial charge in [0, 0.05) is 29.1 Å². The second-order valence-electron chi connectivity index (χ2n) is 5.18. The second-order valence-corrected chi connectivity index (χ2v) is 5.18.